The number of nitrogens with zero attached hydrogens (tertiary/aromatic N) is 3. The molecule has 0 aliphatic heterocycles. The summed E-state index contributed by atoms with van der Waals surface area (Å²) in [5, 5.41) is 4.92. The number of carbonyl (C=O) groups excluding carboxylic acids is 1. The van der Waals surface area contributed by atoms with Gasteiger partial charge >= 0.3 is 0 Å². The van der Waals surface area contributed by atoms with E-state index in [1.165, 1.54) is 0 Å². The second-order valence-electron chi connectivity index (χ2n) is 5.33. The van der Waals surface area contributed by atoms with Gasteiger partial charge in [0, 0.05) is 17.5 Å². The van der Waals surface area contributed by atoms with Gasteiger partial charge in [0.1, 0.15) is 5.76 Å². The van der Waals surface area contributed by atoms with Gasteiger partial charge in [-0.2, -0.15) is 0 Å². The predicted molar refractivity (Wildman–Crippen MR) is 82.5 cm³/mol. The first-order valence-electron chi connectivity index (χ1n) is 6.92. The standard InChI is InChI=1S/C15H21N3O2S/c1-8-13(10(3)20-17-8)7-14(19)18(6)9(2)15-11(4)21-12(5)16-15/h9H,7H2,1-6H3. The van der Waals surface area contributed by atoms with Gasteiger partial charge in [-0.25, -0.2) is 4.98 Å². The zero-order valence-electron chi connectivity index (χ0n) is 13.4. The average molecular weight is 307 g/mol. The molecule has 0 aliphatic carbocycles. The molecule has 2 aromatic rings. The minimum absolute atomic E-state index is 0.0390. The number of carbonyl (C=O) groups is 1. The van der Waals surface area contributed by atoms with E-state index >= 15 is 0 Å². The fourth-order valence-corrected chi connectivity index (χ4v) is 3.27. The van der Waals surface area contributed by atoms with Crippen LogP contribution in [0, 0.1) is 27.7 Å². The van der Waals surface area contributed by atoms with E-state index in [0.717, 1.165) is 26.8 Å². The molecule has 5 nitrogen and oxygen atoms in total. The van der Waals surface area contributed by atoms with E-state index in [1.54, 1.807) is 16.2 Å². The number of likely N-dealkylation sites (N-methyl/N-ethyl adjacent to an activating group) is 1. The van der Waals surface area contributed by atoms with Crippen LogP contribution in [0.3, 0.4) is 0 Å². The molecular formula is C15H21N3O2S. The minimum atomic E-state index is -0.0390. The zero-order valence-corrected chi connectivity index (χ0v) is 14.2. The van der Waals surface area contributed by atoms with Crippen molar-refractivity contribution < 1.29 is 9.32 Å². The molecule has 0 aromatic carbocycles. The van der Waals surface area contributed by atoms with Crippen molar-refractivity contribution in [1.29, 1.82) is 0 Å². The highest BCUT2D eigenvalue weighted by Gasteiger charge is 2.23. The van der Waals surface area contributed by atoms with E-state index in [2.05, 4.69) is 10.1 Å². The Morgan fingerprint density at radius 1 is 1.33 bits per heavy atom. The molecule has 0 bridgehead atoms. The number of rotatable bonds is 4. The van der Waals surface area contributed by atoms with E-state index in [9.17, 15) is 4.79 Å². The van der Waals surface area contributed by atoms with Crippen LogP contribution in [-0.2, 0) is 11.2 Å². The molecule has 1 amide bonds. The van der Waals surface area contributed by atoms with Crippen molar-refractivity contribution in [1.82, 2.24) is 15.0 Å². The summed E-state index contributed by atoms with van der Waals surface area (Å²) in [5.74, 6) is 0.754. The first kappa shape index (κ1) is 15.7. The van der Waals surface area contributed by atoms with E-state index < -0.39 is 0 Å². The first-order valence-corrected chi connectivity index (χ1v) is 7.74. The number of aryl methyl sites for hydroxylation is 4. The van der Waals surface area contributed by atoms with E-state index in [1.807, 2.05) is 41.7 Å². The van der Waals surface area contributed by atoms with Gasteiger partial charge in [0.15, 0.2) is 0 Å². The third-order valence-corrected chi connectivity index (χ3v) is 4.72. The van der Waals surface area contributed by atoms with E-state index in [-0.39, 0.29) is 11.9 Å². The molecule has 2 aromatic heterocycles. The van der Waals surface area contributed by atoms with Crippen LogP contribution >= 0.6 is 11.3 Å². The van der Waals surface area contributed by atoms with Gasteiger partial charge in [-0.3, -0.25) is 4.79 Å². The topological polar surface area (TPSA) is 59.2 Å². The van der Waals surface area contributed by atoms with Crippen molar-refractivity contribution >= 4 is 17.2 Å². The Bertz CT molecular complexity index is 640. The van der Waals surface area contributed by atoms with Crippen molar-refractivity contribution in [2.75, 3.05) is 7.05 Å². The van der Waals surface area contributed by atoms with Crippen LogP contribution in [0.2, 0.25) is 0 Å². The lowest BCUT2D eigenvalue weighted by Crippen LogP contribution is -2.31. The van der Waals surface area contributed by atoms with Crippen molar-refractivity contribution in [3.05, 3.63) is 32.6 Å². The van der Waals surface area contributed by atoms with E-state index in [0.29, 0.717) is 12.2 Å². The molecule has 0 spiro atoms. The van der Waals surface area contributed by atoms with E-state index in [4.69, 9.17) is 4.52 Å². The molecule has 0 aliphatic rings. The number of thiazole rings is 1. The molecule has 21 heavy (non-hydrogen) atoms. The molecule has 1 unspecified atom stereocenters. The van der Waals surface area contributed by atoms with Gasteiger partial charge < -0.3 is 9.42 Å². The highest BCUT2D eigenvalue weighted by Crippen LogP contribution is 2.26. The number of hydrogen-bond acceptors (Lipinski definition) is 5. The van der Waals surface area contributed by atoms with Crippen LogP contribution < -0.4 is 0 Å². The van der Waals surface area contributed by atoms with Gasteiger partial charge in [0.25, 0.3) is 0 Å². The average Bonchev–Trinajstić information content (AvgIpc) is 2.92. The molecule has 0 N–H and O–H groups in total. The minimum Gasteiger partial charge on any atom is -0.361 e. The molecule has 2 rings (SSSR count). The van der Waals surface area contributed by atoms with Crippen molar-refractivity contribution in [3.8, 4) is 0 Å². The summed E-state index contributed by atoms with van der Waals surface area (Å²) in [5.41, 5.74) is 2.64. The van der Waals surface area contributed by atoms with Crippen LogP contribution in [0.1, 0.15) is 45.6 Å². The molecule has 0 saturated heterocycles. The molecule has 0 fully saturated rings. The summed E-state index contributed by atoms with van der Waals surface area (Å²) in [6.07, 6.45) is 0.310. The molecule has 0 radical (unpaired) electrons. The Balaban J connectivity index is 2.14. The predicted octanol–water partition coefficient (Wildman–Crippen LogP) is 3.13. The summed E-state index contributed by atoms with van der Waals surface area (Å²) < 4.78 is 5.11. The zero-order chi connectivity index (χ0) is 15.7. The normalized spacial score (nSPS) is 12.5. The van der Waals surface area contributed by atoms with Crippen molar-refractivity contribution in [2.45, 2.75) is 47.1 Å². The fraction of sp³-hybridized carbons (Fsp3) is 0.533. The van der Waals surface area contributed by atoms with Gasteiger partial charge in [-0.1, -0.05) is 5.16 Å². The summed E-state index contributed by atoms with van der Waals surface area (Å²) in [6.45, 7) is 9.73. The lowest BCUT2D eigenvalue weighted by Gasteiger charge is -2.24. The molecular weight excluding hydrogens is 286 g/mol. The third-order valence-electron chi connectivity index (χ3n) is 3.82. The molecule has 114 valence electrons. The Kier molecular flexibility index (Phi) is 4.46. The van der Waals surface area contributed by atoms with Crippen LogP contribution in [0.4, 0.5) is 0 Å². The second kappa shape index (κ2) is 5.97. The van der Waals surface area contributed by atoms with Crippen LogP contribution in [0.25, 0.3) is 0 Å². The van der Waals surface area contributed by atoms with Crippen molar-refractivity contribution in [3.63, 3.8) is 0 Å². The number of hydrogen-bond donors (Lipinski definition) is 0. The van der Waals surface area contributed by atoms with Gasteiger partial charge in [0.2, 0.25) is 5.91 Å². The van der Waals surface area contributed by atoms with Crippen LogP contribution in [-0.4, -0.2) is 28.0 Å². The SMILES string of the molecule is Cc1nc(C(C)N(C)C(=O)Cc2c(C)noc2C)c(C)s1. The molecule has 0 saturated carbocycles. The van der Waals surface area contributed by atoms with Gasteiger partial charge in [-0.05, 0) is 34.6 Å². The maximum atomic E-state index is 12.5. The Labute approximate surface area is 129 Å². The van der Waals surface area contributed by atoms with Crippen molar-refractivity contribution in [2.24, 2.45) is 0 Å². The number of aromatic nitrogens is 2. The summed E-state index contributed by atoms with van der Waals surface area (Å²) in [7, 11) is 1.82. The lowest BCUT2D eigenvalue weighted by molar-refractivity contribution is -0.131. The highest BCUT2D eigenvalue weighted by atomic mass is 32.1. The Morgan fingerprint density at radius 3 is 2.48 bits per heavy atom. The quantitative estimate of drug-likeness (QED) is 0.870. The van der Waals surface area contributed by atoms with Gasteiger partial charge in [0.05, 0.1) is 28.9 Å². The number of amides is 1. The maximum Gasteiger partial charge on any atom is 0.227 e. The largest absolute Gasteiger partial charge is 0.361 e. The highest BCUT2D eigenvalue weighted by molar-refractivity contribution is 7.11. The monoisotopic (exact) mass is 307 g/mol. The lowest BCUT2D eigenvalue weighted by atomic mass is 10.1. The summed E-state index contributed by atoms with van der Waals surface area (Å²) in [6, 6.07) is -0.0390. The molecule has 2 heterocycles. The third kappa shape index (κ3) is 3.15. The second-order valence-corrected chi connectivity index (χ2v) is 6.74. The molecule has 1 atom stereocenters. The molecule has 6 heteroatoms. The maximum absolute atomic E-state index is 12.5. The Morgan fingerprint density at radius 2 is 2.00 bits per heavy atom. The summed E-state index contributed by atoms with van der Waals surface area (Å²) >= 11 is 1.66. The smallest absolute Gasteiger partial charge is 0.227 e. The Hall–Kier alpha value is -1.69. The summed E-state index contributed by atoms with van der Waals surface area (Å²) in [4.78, 5) is 19.9. The fourth-order valence-electron chi connectivity index (χ4n) is 2.36. The van der Waals surface area contributed by atoms with Crippen LogP contribution in [0.15, 0.2) is 4.52 Å². The first-order chi connectivity index (χ1) is 9.81. The van der Waals surface area contributed by atoms with Crippen LogP contribution in [0.5, 0.6) is 0 Å². The van der Waals surface area contributed by atoms with Gasteiger partial charge in [-0.15, -0.1) is 11.3 Å².